The van der Waals surface area contributed by atoms with Gasteiger partial charge in [0, 0.05) is 32.6 Å². The molecule has 0 aliphatic carbocycles. The molecule has 0 rings (SSSR count). The summed E-state index contributed by atoms with van der Waals surface area (Å²) in [5.41, 5.74) is 0. The van der Waals surface area contributed by atoms with Crippen LogP contribution in [0.1, 0.15) is 124 Å². The minimum Gasteiger partial charge on any atom is -0.343 e. The Hall–Kier alpha value is -1.26. The predicted molar refractivity (Wildman–Crippen MR) is 129 cm³/mol. The molecule has 0 fully saturated rings. The zero-order valence-corrected chi connectivity index (χ0v) is 20.4. The van der Waals surface area contributed by atoms with Gasteiger partial charge >= 0.3 is 6.03 Å². The Bertz CT molecular complexity index is 398. The van der Waals surface area contributed by atoms with Gasteiger partial charge in [-0.1, -0.05) is 84.0 Å². The summed E-state index contributed by atoms with van der Waals surface area (Å²) < 4.78 is 0. The van der Waals surface area contributed by atoms with Crippen molar-refractivity contribution in [3.05, 3.63) is 0 Å². The monoisotopic (exact) mass is 425 g/mol. The molecule has 2 N–H and O–H groups in total. The second-order valence-corrected chi connectivity index (χ2v) is 8.45. The molecule has 178 valence electrons. The Kier molecular flexibility index (Phi) is 21.5. The fraction of sp³-hybridized carbons (Fsp3) is 0.920. The lowest BCUT2D eigenvalue weighted by Gasteiger charge is -2.18. The molecule has 0 heterocycles. The van der Waals surface area contributed by atoms with Gasteiger partial charge in [0.15, 0.2) is 0 Å². The molecule has 0 bridgehead atoms. The van der Waals surface area contributed by atoms with Gasteiger partial charge < -0.3 is 15.5 Å². The smallest absolute Gasteiger partial charge is 0.314 e. The van der Waals surface area contributed by atoms with Crippen molar-refractivity contribution in [2.75, 3.05) is 26.2 Å². The average Bonchev–Trinajstić information content (AvgIpc) is 2.74. The first-order valence-electron chi connectivity index (χ1n) is 12.9. The third-order valence-electron chi connectivity index (χ3n) is 5.79. The zero-order chi connectivity index (χ0) is 22.3. The van der Waals surface area contributed by atoms with Crippen LogP contribution in [0.25, 0.3) is 0 Å². The molecule has 0 spiro atoms. The quantitative estimate of drug-likeness (QED) is 0.209. The standard InChI is InChI=1S/C25H51N3O2/c1-4-7-8-9-10-11-12-13-14-15-16-19-22-26-25(30)27-23-20-17-18-21-24(29)28(5-2)6-3/h4-23H2,1-3H3,(H2,26,27,30). The van der Waals surface area contributed by atoms with E-state index in [1.54, 1.807) is 0 Å². The molecule has 0 aromatic rings. The highest BCUT2D eigenvalue weighted by Crippen LogP contribution is 2.11. The summed E-state index contributed by atoms with van der Waals surface area (Å²) >= 11 is 0. The lowest BCUT2D eigenvalue weighted by molar-refractivity contribution is -0.130. The number of amides is 3. The highest BCUT2D eigenvalue weighted by atomic mass is 16.2. The maximum absolute atomic E-state index is 11.9. The van der Waals surface area contributed by atoms with Crippen molar-refractivity contribution in [3.63, 3.8) is 0 Å². The van der Waals surface area contributed by atoms with Crippen LogP contribution in [-0.4, -0.2) is 43.0 Å². The van der Waals surface area contributed by atoms with Gasteiger partial charge in [-0.2, -0.15) is 0 Å². The average molecular weight is 426 g/mol. The van der Waals surface area contributed by atoms with Crippen LogP contribution >= 0.6 is 0 Å². The van der Waals surface area contributed by atoms with Crippen molar-refractivity contribution < 1.29 is 9.59 Å². The normalized spacial score (nSPS) is 10.8. The van der Waals surface area contributed by atoms with Gasteiger partial charge in [-0.15, -0.1) is 0 Å². The summed E-state index contributed by atoms with van der Waals surface area (Å²) in [6.45, 7) is 9.32. The van der Waals surface area contributed by atoms with Gasteiger partial charge in [0.05, 0.1) is 0 Å². The first kappa shape index (κ1) is 28.7. The van der Waals surface area contributed by atoms with E-state index in [0.29, 0.717) is 13.0 Å². The Morgan fingerprint density at radius 2 is 0.967 bits per heavy atom. The third-order valence-corrected chi connectivity index (χ3v) is 5.79. The molecule has 0 aliphatic rings. The third kappa shape index (κ3) is 18.7. The first-order chi connectivity index (χ1) is 14.7. The van der Waals surface area contributed by atoms with E-state index in [1.165, 1.54) is 70.6 Å². The van der Waals surface area contributed by atoms with Crippen LogP contribution < -0.4 is 10.6 Å². The number of rotatable bonds is 21. The van der Waals surface area contributed by atoms with Crippen molar-refractivity contribution in [1.82, 2.24) is 15.5 Å². The summed E-state index contributed by atoms with van der Waals surface area (Å²) in [6, 6.07) is -0.0581. The molecule has 5 heteroatoms. The van der Waals surface area contributed by atoms with E-state index in [2.05, 4.69) is 17.6 Å². The van der Waals surface area contributed by atoms with Gasteiger partial charge in [0.2, 0.25) is 5.91 Å². The SMILES string of the molecule is CCCCCCCCCCCCCCNC(=O)NCCCCCC(=O)N(CC)CC. The Morgan fingerprint density at radius 1 is 0.567 bits per heavy atom. The van der Waals surface area contributed by atoms with Crippen molar-refractivity contribution in [3.8, 4) is 0 Å². The molecule has 0 aromatic carbocycles. The van der Waals surface area contributed by atoms with Crippen molar-refractivity contribution in [2.45, 2.75) is 124 Å². The number of carbonyl (C=O) groups excluding carboxylic acids is 2. The van der Waals surface area contributed by atoms with Crippen LogP contribution in [0.3, 0.4) is 0 Å². The van der Waals surface area contributed by atoms with Crippen molar-refractivity contribution >= 4 is 11.9 Å². The molecule has 0 aliphatic heterocycles. The number of nitrogens with one attached hydrogen (secondary N) is 2. The molecule has 0 saturated heterocycles. The van der Waals surface area contributed by atoms with Gasteiger partial charge in [0.25, 0.3) is 0 Å². The Morgan fingerprint density at radius 3 is 1.40 bits per heavy atom. The van der Waals surface area contributed by atoms with Crippen LogP contribution in [0.4, 0.5) is 4.79 Å². The van der Waals surface area contributed by atoms with E-state index in [4.69, 9.17) is 0 Å². The van der Waals surface area contributed by atoms with E-state index in [1.807, 2.05) is 18.7 Å². The molecule has 0 radical (unpaired) electrons. The van der Waals surface area contributed by atoms with Crippen molar-refractivity contribution in [1.29, 1.82) is 0 Å². The molecular formula is C25H51N3O2. The largest absolute Gasteiger partial charge is 0.343 e. The van der Waals surface area contributed by atoms with E-state index < -0.39 is 0 Å². The maximum Gasteiger partial charge on any atom is 0.314 e. The number of carbonyl (C=O) groups is 2. The zero-order valence-electron chi connectivity index (χ0n) is 20.4. The molecule has 0 aromatic heterocycles. The first-order valence-corrected chi connectivity index (χ1v) is 12.9. The molecule has 3 amide bonds. The Labute approximate surface area is 187 Å². The van der Waals surface area contributed by atoms with Gasteiger partial charge in [0.1, 0.15) is 0 Å². The fourth-order valence-electron chi connectivity index (χ4n) is 3.74. The van der Waals surface area contributed by atoms with Crippen molar-refractivity contribution in [2.24, 2.45) is 0 Å². The number of hydrogen-bond donors (Lipinski definition) is 2. The second-order valence-electron chi connectivity index (χ2n) is 8.45. The highest BCUT2D eigenvalue weighted by molar-refractivity contribution is 5.76. The molecule has 0 saturated carbocycles. The maximum atomic E-state index is 11.9. The van der Waals surface area contributed by atoms with E-state index in [0.717, 1.165) is 45.3 Å². The number of nitrogens with zero attached hydrogens (tertiary/aromatic N) is 1. The number of hydrogen-bond acceptors (Lipinski definition) is 2. The summed E-state index contributed by atoms with van der Waals surface area (Å²) in [7, 11) is 0. The highest BCUT2D eigenvalue weighted by Gasteiger charge is 2.08. The number of unbranched alkanes of at least 4 members (excludes halogenated alkanes) is 13. The van der Waals surface area contributed by atoms with Crippen LogP contribution in [-0.2, 0) is 4.79 Å². The van der Waals surface area contributed by atoms with Crippen LogP contribution in [0.2, 0.25) is 0 Å². The molecular weight excluding hydrogens is 374 g/mol. The van der Waals surface area contributed by atoms with Crippen LogP contribution in [0.5, 0.6) is 0 Å². The van der Waals surface area contributed by atoms with Crippen LogP contribution in [0.15, 0.2) is 0 Å². The predicted octanol–water partition coefficient (Wildman–Crippen LogP) is 6.42. The van der Waals surface area contributed by atoms with Gasteiger partial charge in [-0.3, -0.25) is 4.79 Å². The summed E-state index contributed by atoms with van der Waals surface area (Å²) in [4.78, 5) is 25.5. The minimum absolute atomic E-state index is 0.0581. The van der Waals surface area contributed by atoms with E-state index in [9.17, 15) is 9.59 Å². The van der Waals surface area contributed by atoms with E-state index in [-0.39, 0.29) is 11.9 Å². The molecule has 5 nitrogen and oxygen atoms in total. The molecule has 0 unspecified atom stereocenters. The summed E-state index contributed by atoms with van der Waals surface area (Å²) in [5.74, 6) is 0.244. The van der Waals surface area contributed by atoms with E-state index >= 15 is 0 Å². The Balaban J connectivity index is 3.30. The second kappa shape index (κ2) is 22.4. The van der Waals surface area contributed by atoms with Gasteiger partial charge in [-0.05, 0) is 33.1 Å². The minimum atomic E-state index is -0.0581. The molecule has 0 atom stereocenters. The number of urea groups is 1. The lowest BCUT2D eigenvalue weighted by Crippen LogP contribution is -2.36. The molecule has 30 heavy (non-hydrogen) atoms. The topological polar surface area (TPSA) is 61.4 Å². The fourth-order valence-corrected chi connectivity index (χ4v) is 3.74. The lowest BCUT2D eigenvalue weighted by atomic mass is 10.1. The van der Waals surface area contributed by atoms with Crippen LogP contribution in [0, 0.1) is 0 Å². The van der Waals surface area contributed by atoms with Gasteiger partial charge in [-0.25, -0.2) is 4.79 Å². The summed E-state index contributed by atoms with van der Waals surface area (Å²) in [6.07, 6.45) is 19.4. The summed E-state index contributed by atoms with van der Waals surface area (Å²) in [5, 5.41) is 5.86.